The molecule has 0 aromatic rings. The Bertz CT molecular complexity index is 274. The van der Waals surface area contributed by atoms with Crippen molar-refractivity contribution < 1.29 is 14.7 Å². The van der Waals surface area contributed by atoms with E-state index in [0.717, 1.165) is 19.4 Å². The summed E-state index contributed by atoms with van der Waals surface area (Å²) in [5, 5.41) is 12.1. The highest BCUT2D eigenvalue weighted by Crippen LogP contribution is 2.42. The van der Waals surface area contributed by atoms with E-state index in [-0.39, 0.29) is 5.91 Å². The van der Waals surface area contributed by atoms with E-state index in [1.807, 2.05) is 7.05 Å². The number of nitrogens with one attached hydrogen (secondary N) is 1. The van der Waals surface area contributed by atoms with E-state index in [0.29, 0.717) is 19.4 Å². The van der Waals surface area contributed by atoms with Gasteiger partial charge in [-0.25, -0.2) is 0 Å². The fourth-order valence-electron chi connectivity index (χ4n) is 2.01. The Morgan fingerprint density at radius 1 is 1.44 bits per heavy atom. The van der Waals surface area contributed by atoms with Crippen LogP contribution in [0.15, 0.2) is 0 Å². The molecular formula is C11H20N2O3. The molecule has 0 radical (unpaired) electrons. The first-order valence-electron chi connectivity index (χ1n) is 5.68. The molecule has 1 aliphatic carbocycles. The molecule has 0 aromatic carbocycles. The van der Waals surface area contributed by atoms with Crippen molar-refractivity contribution >= 4 is 11.9 Å². The topological polar surface area (TPSA) is 69.6 Å². The van der Waals surface area contributed by atoms with Crippen LogP contribution in [-0.2, 0) is 9.59 Å². The molecule has 1 fully saturated rings. The van der Waals surface area contributed by atoms with Gasteiger partial charge in [0.15, 0.2) is 0 Å². The maximum Gasteiger partial charge on any atom is 0.319 e. The lowest BCUT2D eigenvalue weighted by Crippen LogP contribution is -2.51. The standard InChI is InChI=1S/C11H20N2O3/c1-12-7-4-8-13(2)9(14)11(10(15)16)5-3-6-11/h12H,3-8H2,1-2H3,(H,15,16). The Balaban J connectivity index is 2.52. The minimum Gasteiger partial charge on any atom is -0.480 e. The Labute approximate surface area is 95.8 Å². The number of rotatable bonds is 6. The molecule has 0 saturated heterocycles. The van der Waals surface area contributed by atoms with E-state index in [9.17, 15) is 9.59 Å². The van der Waals surface area contributed by atoms with Crippen LogP contribution in [0.3, 0.4) is 0 Å². The van der Waals surface area contributed by atoms with Crippen LogP contribution in [0.4, 0.5) is 0 Å². The van der Waals surface area contributed by atoms with Crippen LogP contribution < -0.4 is 5.32 Å². The van der Waals surface area contributed by atoms with Gasteiger partial charge in [0, 0.05) is 13.6 Å². The minimum atomic E-state index is -1.12. The van der Waals surface area contributed by atoms with Gasteiger partial charge < -0.3 is 15.3 Å². The van der Waals surface area contributed by atoms with E-state index >= 15 is 0 Å². The third kappa shape index (κ3) is 2.35. The van der Waals surface area contributed by atoms with Gasteiger partial charge in [-0.2, -0.15) is 0 Å². The summed E-state index contributed by atoms with van der Waals surface area (Å²) < 4.78 is 0. The molecule has 0 unspecified atom stereocenters. The SMILES string of the molecule is CNCCCN(C)C(=O)C1(C(=O)O)CCC1. The van der Waals surface area contributed by atoms with E-state index in [1.165, 1.54) is 0 Å². The monoisotopic (exact) mass is 228 g/mol. The zero-order valence-electron chi connectivity index (χ0n) is 9.95. The van der Waals surface area contributed by atoms with Crippen LogP contribution in [0.2, 0.25) is 0 Å². The lowest BCUT2D eigenvalue weighted by molar-refractivity contribution is -0.166. The summed E-state index contributed by atoms with van der Waals surface area (Å²) in [6.07, 6.45) is 2.64. The number of hydrogen-bond donors (Lipinski definition) is 2. The highest BCUT2D eigenvalue weighted by molar-refractivity contribution is 6.02. The van der Waals surface area contributed by atoms with Gasteiger partial charge in [-0.3, -0.25) is 9.59 Å². The maximum absolute atomic E-state index is 12.0. The number of aliphatic carboxylic acids is 1. The summed E-state index contributed by atoms with van der Waals surface area (Å²) in [6, 6.07) is 0. The molecular weight excluding hydrogens is 208 g/mol. The second kappa shape index (κ2) is 5.30. The summed E-state index contributed by atoms with van der Waals surface area (Å²) in [7, 11) is 3.54. The second-order valence-corrected chi connectivity index (χ2v) is 4.42. The Kier molecular flexibility index (Phi) is 4.29. The molecule has 1 amide bonds. The van der Waals surface area contributed by atoms with Gasteiger partial charge in [0.1, 0.15) is 5.41 Å². The number of carbonyl (C=O) groups excluding carboxylic acids is 1. The molecule has 1 rings (SSSR count). The lowest BCUT2D eigenvalue weighted by Gasteiger charge is -2.38. The van der Waals surface area contributed by atoms with Crippen LogP contribution in [0.1, 0.15) is 25.7 Å². The Morgan fingerprint density at radius 2 is 2.06 bits per heavy atom. The molecule has 5 heteroatoms. The van der Waals surface area contributed by atoms with Gasteiger partial charge >= 0.3 is 5.97 Å². The number of hydrogen-bond acceptors (Lipinski definition) is 3. The van der Waals surface area contributed by atoms with E-state index < -0.39 is 11.4 Å². The highest BCUT2D eigenvalue weighted by atomic mass is 16.4. The van der Waals surface area contributed by atoms with Crippen molar-refractivity contribution in [2.24, 2.45) is 5.41 Å². The van der Waals surface area contributed by atoms with Crippen LogP contribution in [0.5, 0.6) is 0 Å². The number of amides is 1. The average molecular weight is 228 g/mol. The van der Waals surface area contributed by atoms with Gasteiger partial charge in [-0.05, 0) is 32.9 Å². The molecule has 92 valence electrons. The van der Waals surface area contributed by atoms with Crippen molar-refractivity contribution in [1.29, 1.82) is 0 Å². The Hall–Kier alpha value is -1.10. The molecule has 0 bridgehead atoms. The summed E-state index contributed by atoms with van der Waals surface area (Å²) in [6.45, 7) is 1.44. The second-order valence-electron chi connectivity index (χ2n) is 4.42. The minimum absolute atomic E-state index is 0.234. The zero-order valence-corrected chi connectivity index (χ0v) is 9.95. The van der Waals surface area contributed by atoms with Gasteiger partial charge in [-0.1, -0.05) is 6.42 Å². The molecule has 5 nitrogen and oxygen atoms in total. The first-order valence-corrected chi connectivity index (χ1v) is 5.68. The summed E-state index contributed by atoms with van der Waals surface area (Å²) in [4.78, 5) is 24.7. The van der Waals surface area contributed by atoms with Crippen LogP contribution in [0.25, 0.3) is 0 Å². The van der Waals surface area contributed by atoms with Crippen molar-refractivity contribution in [3.05, 3.63) is 0 Å². The molecule has 1 saturated carbocycles. The molecule has 0 aromatic heterocycles. The van der Waals surface area contributed by atoms with Crippen LogP contribution in [0, 0.1) is 5.41 Å². The number of carboxylic acid groups (broad SMARTS) is 1. The normalized spacial score (nSPS) is 17.6. The molecule has 0 atom stereocenters. The molecule has 0 spiro atoms. The van der Waals surface area contributed by atoms with Gasteiger partial charge in [0.25, 0.3) is 0 Å². The summed E-state index contributed by atoms with van der Waals surface area (Å²) >= 11 is 0. The van der Waals surface area contributed by atoms with Crippen molar-refractivity contribution in [3.63, 3.8) is 0 Å². The molecule has 0 aliphatic heterocycles. The third-order valence-corrected chi connectivity index (χ3v) is 3.29. The quantitative estimate of drug-likeness (QED) is 0.507. The fourth-order valence-corrected chi connectivity index (χ4v) is 2.01. The first kappa shape index (κ1) is 13.0. The van der Waals surface area contributed by atoms with Crippen molar-refractivity contribution in [2.45, 2.75) is 25.7 Å². The van der Waals surface area contributed by atoms with Gasteiger partial charge in [0.2, 0.25) is 5.91 Å². The van der Waals surface area contributed by atoms with Crippen molar-refractivity contribution in [2.75, 3.05) is 27.2 Å². The maximum atomic E-state index is 12.0. The number of carbonyl (C=O) groups is 2. The smallest absolute Gasteiger partial charge is 0.319 e. The zero-order chi connectivity index (χ0) is 12.2. The predicted molar refractivity (Wildman–Crippen MR) is 60.1 cm³/mol. The van der Waals surface area contributed by atoms with Gasteiger partial charge in [0.05, 0.1) is 0 Å². The van der Waals surface area contributed by atoms with E-state index in [2.05, 4.69) is 5.32 Å². The average Bonchev–Trinajstić information content (AvgIpc) is 2.15. The van der Waals surface area contributed by atoms with Crippen molar-refractivity contribution in [1.82, 2.24) is 10.2 Å². The molecule has 2 N–H and O–H groups in total. The highest BCUT2D eigenvalue weighted by Gasteiger charge is 2.52. The number of nitrogens with zero attached hydrogens (tertiary/aromatic N) is 1. The molecule has 1 aliphatic rings. The van der Waals surface area contributed by atoms with E-state index in [4.69, 9.17) is 5.11 Å². The third-order valence-electron chi connectivity index (χ3n) is 3.29. The molecule has 0 heterocycles. The number of carboxylic acids is 1. The predicted octanol–water partition coefficient (Wildman–Crippen LogP) is 0.309. The fraction of sp³-hybridized carbons (Fsp3) is 0.818. The lowest BCUT2D eigenvalue weighted by atomic mass is 9.68. The van der Waals surface area contributed by atoms with Gasteiger partial charge in [-0.15, -0.1) is 0 Å². The van der Waals surface area contributed by atoms with Crippen LogP contribution in [-0.4, -0.2) is 49.1 Å². The largest absolute Gasteiger partial charge is 0.480 e. The summed E-state index contributed by atoms with van der Waals surface area (Å²) in [5.74, 6) is -1.20. The molecule has 16 heavy (non-hydrogen) atoms. The van der Waals surface area contributed by atoms with Crippen molar-refractivity contribution in [3.8, 4) is 0 Å². The van der Waals surface area contributed by atoms with Crippen LogP contribution >= 0.6 is 0 Å². The Morgan fingerprint density at radius 3 is 2.44 bits per heavy atom. The van der Waals surface area contributed by atoms with E-state index in [1.54, 1.807) is 11.9 Å². The summed E-state index contributed by atoms with van der Waals surface area (Å²) in [5.41, 5.74) is -1.12. The first-order chi connectivity index (χ1) is 7.54.